The quantitative estimate of drug-likeness (QED) is 0.280. The van der Waals surface area contributed by atoms with Crippen LogP contribution in [0.25, 0.3) is 23.0 Å². The highest BCUT2D eigenvalue weighted by molar-refractivity contribution is 8.26. The van der Waals surface area contributed by atoms with Gasteiger partial charge in [0.1, 0.15) is 15.8 Å². The number of rotatable bonds is 7. The summed E-state index contributed by atoms with van der Waals surface area (Å²) in [4.78, 5) is 15.5. The maximum absolute atomic E-state index is 13.2. The SMILES string of the molecule is CCOc1ccc(-c2nn(-c3ccccc3)cc2/C=C2\SC(=S)N(CC3CCCO3)C2=O)cc1Cl. The first-order chi connectivity index (χ1) is 17.0. The Morgan fingerprint density at radius 3 is 2.83 bits per heavy atom. The monoisotopic (exact) mass is 525 g/mol. The van der Waals surface area contributed by atoms with Crippen LogP contribution in [0.2, 0.25) is 5.02 Å². The number of hydrogen-bond acceptors (Lipinski definition) is 6. The van der Waals surface area contributed by atoms with Crippen LogP contribution in [0.4, 0.5) is 0 Å². The maximum atomic E-state index is 13.2. The van der Waals surface area contributed by atoms with Gasteiger partial charge in [-0.05, 0) is 56.2 Å². The van der Waals surface area contributed by atoms with E-state index >= 15 is 0 Å². The summed E-state index contributed by atoms with van der Waals surface area (Å²) in [7, 11) is 0. The number of aromatic nitrogens is 2. The normalized spacial score (nSPS) is 19.2. The van der Waals surface area contributed by atoms with Crippen molar-refractivity contribution in [3.8, 4) is 22.7 Å². The van der Waals surface area contributed by atoms with Crippen molar-refractivity contribution in [2.45, 2.75) is 25.9 Å². The van der Waals surface area contributed by atoms with Gasteiger partial charge < -0.3 is 9.47 Å². The third-order valence-corrected chi connectivity index (χ3v) is 7.51. The zero-order chi connectivity index (χ0) is 24.4. The molecule has 0 bridgehead atoms. The Labute approximate surface area is 218 Å². The second-order valence-corrected chi connectivity index (χ2v) is 10.3. The molecule has 1 aromatic heterocycles. The van der Waals surface area contributed by atoms with Crippen molar-refractivity contribution in [2.75, 3.05) is 19.8 Å². The van der Waals surface area contributed by atoms with E-state index in [9.17, 15) is 4.79 Å². The molecule has 2 aliphatic heterocycles. The lowest BCUT2D eigenvalue weighted by atomic mass is 10.1. The molecule has 6 nitrogen and oxygen atoms in total. The second kappa shape index (κ2) is 10.5. The van der Waals surface area contributed by atoms with E-state index in [-0.39, 0.29) is 12.0 Å². The lowest BCUT2D eigenvalue weighted by molar-refractivity contribution is -0.123. The first-order valence-corrected chi connectivity index (χ1v) is 13.1. The zero-order valence-corrected chi connectivity index (χ0v) is 21.5. The molecule has 35 heavy (non-hydrogen) atoms. The Hall–Kier alpha value is -2.65. The minimum Gasteiger partial charge on any atom is -0.492 e. The van der Waals surface area contributed by atoms with Crippen LogP contribution in [0.3, 0.4) is 0 Å². The lowest BCUT2D eigenvalue weighted by Gasteiger charge is -2.18. The van der Waals surface area contributed by atoms with Crippen LogP contribution >= 0.6 is 35.6 Å². The topological polar surface area (TPSA) is 56.6 Å². The molecule has 0 spiro atoms. The predicted molar refractivity (Wildman–Crippen MR) is 144 cm³/mol. The lowest BCUT2D eigenvalue weighted by Crippen LogP contribution is -2.35. The molecule has 2 fully saturated rings. The van der Waals surface area contributed by atoms with Crippen LogP contribution in [0, 0.1) is 0 Å². The number of hydrogen-bond donors (Lipinski definition) is 0. The van der Waals surface area contributed by atoms with Crippen LogP contribution in [0.5, 0.6) is 5.75 Å². The third kappa shape index (κ3) is 5.16. The van der Waals surface area contributed by atoms with Gasteiger partial charge in [0.15, 0.2) is 0 Å². The van der Waals surface area contributed by atoms with Gasteiger partial charge in [-0.2, -0.15) is 5.10 Å². The average molecular weight is 526 g/mol. The molecule has 0 aliphatic carbocycles. The van der Waals surface area contributed by atoms with E-state index in [1.165, 1.54) is 11.8 Å². The van der Waals surface area contributed by atoms with Crippen LogP contribution in [0.1, 0.15) is 25.3 Å². The smallest absolute Gasteiger partial charge is 0.266 e. The van der Waals surface area contributed by atoms with Crippen LogP contribution in [-0.4, -0.2) is 50.8 Å². The summed E-state index contributed by atoms with van der Waals surface area (Å²) in [6.07, 6.45) is 5.78. The Morgan fingerprint density at radius 1 is 1.29 bits per heavy atom. The molecule has 3 heterocycles. The van der Waals surface area contributed by atoms with Crippen molar-refractivity contribution in [1.29, 1.82) is 0 Å². The fourth-order valence-electron chi connectivity index (χ4n) is 4.14. The van der Waals surface area contributed by atoms with Gasteiger partial charge in [0.05, 0.1) is 34.9 Å². The molecule has 2 saturated heterocycles. The van der Waals surface area contributed by atoms with E-state index in [0.717, 1.165) is 36.3 Å². The number of amides is 1. The standard InChI is InChI=1S/C26H24ClN3O3S2/c1-2-32-22-11-10-17(13-21(22)27)24-18(15-30(28-24)19-7-4-3-5-8-19)14-23-25(31)29(26(34)35-23)16-20-9-6-12-33-20/h3-5,7-8,10-11,13-15,20H,2,6,9,12,16H2,1H3/b23-14-. The number of thioether (sulfide) groups is 1. The molecule has 3 aromatic rings. The van der Waals surface area contributed by atoms with E-state index in [1.54, 1.807) is 9.58 Å². The predicted octanol–water partition coefficient (Wildman–Crippen LogP) is 5.97. The summed E-state index contributed by atoms with van der Waals surface area (Å²) in [5, 5.41) is 5.35. The first kappa shape index (κ1) is 24.1. The Bertz CT molecular complexity index is 1290. The van der Waals surface area contributed by atoms with Gasteiger partial charge in [-0.3, -0.25) is 9.69 Å². The molecule has 0 N–H and O–H groups in total. The molecule has 1 amide bonds. The number of carbonyl (C=O) groups excluding carboxylic acids is 1. The maximum Gasteiger partial charge on any atom is 0.266 e. The summed E-state index contributed by atoms with van der Waals surface area (Å²) in [5.41, 5.74) is 3.25. The van der Waals surface area contributed by atoms with E-state index in [0.29, 0.717) is 38.8 Å². The minimum absolute atomic E-state index is 0.0410. The number of carbonyl (C=O) groups is 1. The van der Waals surface area contributed by atoms with Crippen molar-refractivity contribution >= 4 is 51.9 Å². The number of ether oxygens (including phenoxy) is 2. The van der Waals surface area contributed by atoms with Crippen molar-refractivity contribution in [1.82, 2.24) is 14.7 Å². The number of thiocarbonyl (C=S) groups is 1. The average Bonchev–Trinajstić information content (AvgIpc) is 3.59. The van der Waals surface area contributed by atoms with E-state index in [4.69, 9.17) is 38.4 Å². The molecule has 0 radical (unpaired) electrons. The van der Waals surface area contributed by atoms with Crippen molar-refractivity contribution in [3.05, 3.63) is 70.2 Å². The Balaban J connectivity index is 1.52. The largest absolute Gasteiger partial charge is 0.492 e. The van der Waals surface area contributed by atoms with Crippen LogP contribution in [-0.2, 0) is 9.53 Å². The third-order valence-electron chi connectivity index (χ3n) is 5.84. The molecular weight excluding hydrogens is 502 g/mol. The van der Waals surface area contributed by atoms with E-state index < -0.39 is 0 Å². The van der Waals surface area contributed by atoms with Crippen LogP contribution < -0.4 is 4.74 Å². The van der Waals surface area contributed by atoms with E-state index in [2.05, 4.69) is 0 Å². The fraction of sp³-hybridized carbons (Fsp3) is 0.269. The first-order valence-electron chi connectivity index (χ1n) is 11.5. The molecule has 5 rings (SSSR count). The highest BCUT2D eigenvalue weighted by atomic mass is 35.5. The molecule has 1 atom stereocenters. The number of nitrogens with zero attached hydrogens (tertiary/aromatic N) is 3. The van der Waals surface area contributed by atoms with Crippen molar-refractivity contribution in [2.24, 2.45) is 0 Å². The van der Waals surface area contributed by atoms with Gasteiger partial charge in [0.2, 0.25) is 0 Å². The van der Waals surface area contributed by atoms with Crippen molar-refractivity contribution < 1.29 is 14.3 Å². The van der Waals surface area contributed by atoms with Gasteiger partial charge in [0, 0.05) is 23.9 Å². The van der Waals surface area contributed by atoms with Gasteiger partial charge in [-0.1, -0.05) is 53.8 Å². The molecular formula is C26H24ClN3O3S2. The van der Waals surface area contributed by atoms with Gasteiger partial charge >= 0.3 is 0 Å². The summed E-state index contributed by atoms with van der Waals surface area (Å²) >= 11 is 13.3. The van der Waals surface area contributed by atoms with Gasteiger partial charge in [-0.25, -0.2) is 4.68 Å². The zero-order valence-electron chi connectivity index (χ0n) is 19.1. The second-order valence-electron chi connectivity index (χ2n) is 8.22. The summed E-state index contributed by atoms with van der Waals surface area (Å²) in [6.45, 7) is 3.67. The molecule has 1 unspecified atom stereocenters. The molecule has 180 valence electrons. The van der Waals surface area contributed by atoms with Gasteiger partial charge in [0.25, 0.3) is 5.91 Å². The Kier molecular flexibility index (Phi) is 7.24. The highest BCUT2D eigenvalue weighted by Crippen LogP contribution is 2.37. The van der Waals surface area contributed by atoms with E-state index in [1.807, 2.05) is 67.7 Å². The number of para-hydroxylation sites is 1. The summed E-state index contributed by atoms with van der Waals surface area (Å²) < 4.78 is 13.7. The molecule has 2 aliphatic rings. The molecule has 9 heteroatoms. The fourth-order valence-corrected chi connectivity index (χ4v) is 5.64. The summed E-state index contributed by atoms with van der Waals surface area (Å²) in [5.74, 6) is 0.524. The summed E-state index contributed by atoms with van der Waals surface area (Å²) in [6, 6.07) is 15.4. The number of benzene rings is 2. The van der Waals surface area contributed by atoms with Gasteiger partial charge in [-0.15, -0.1) is 0 Å². The highest BCUT2D eigenvalue weighted by Gasteiger charge is 2.35. The van der Waals surface area contributed by atoms with Crippen LogP contribution in [0.15, 0.2) is 59.6 Å². The van der Waals surface area contributed by atoms with Crippen molar-refractivity contribution in [3.63, 3.8) is 0 Å². The Morgan fingerprint density at radius 2 is 2.11 bits per heavy atom. The number of halogens is 1. The minimum atomic E-state index is -0.0985. The molecule has 0 saturated carbocycles. The molecule has 2 aromatic carbocycles.